The van der Waals surface area contributed by atoms with Gasteiger partial charge in [-0.3, -0.25) is 9.82 Å². The molecule has 0 fully saturated rings. The van der Waals surface area contributed by atoms with Crippen molar-refractivity contribution < 1.29 is 17.2 Å². The lowest BCUT2D eigenvalue weighted by molar-refractivity contribution is 0.533. The van der Waals surface area contributed by atoms with Crippen LogP contribution in [0, 0.1) is 19.7 Å². The second kappa shape index (κ2) is 5.54. The molecule has 2 aromatic heterocycles. The summed E-state index contributed by atoms with van der Waals surface area (Å²) in [4.78, 5) is 0.0116. The highest BCUT2D eigenvalue weighted by atomic mass is 32.2. The zero-order valence-corrected chi connectivity index (χ0v) is 13.2. The molecule has 3 aromatic rings. The Kier molecular flexibility index (Phi) is 3.69. The molecule has 0 unspecified atom stereocenters. The Balaban J connectivity index is 1.94. The van der Waals surface area contributed by atoms with Crippen molar-refractivity contribution in [3.8, 4) is 11.5 Å². The summed E-state index contributed by atoms with van der Waals surface area (Å²) in [6, 6.07) is 8.22. The van der Waals surface area contributed by atoms with Crippen molar-refractivity contribution in [2.75, 3.05) is 4.72 Å². The number of rotatable bonds is 4. The Morgan fingerprint density at radius 3 is 2.48 bits per heavy atom. The number of furan rings is 1. The molecule has 0 radical (unpaired) electrons. The van der Waals surface area contributed by atoms with Gasteiger partial charge < -0.3 is 4.42 Å². The van der Waals surface area contributed by atoms with E-state index in [1.807, 2.05) is 6.92 Å². The minimum absolute atomic E-state index is 0.0116. The molecule has 0 saturated heterocycles. The first-order valence-electron chi connectivity index (χ1n) is 6.76. The fourth-order valence-electron chi connectivity index (χ4n) is 2.13. The first-order chi connectivity index (χ1) is 10.8. The topological polar surface area (TPSA) is 88.0 Å². The highest BCUT2D eigenvalue weighted by Crippen LogP contribution is 2.28. The molecule has 0 aliphatic carbocycles. The minimum Gasteiger partial charge on any atom is -0.458 e. The van der Waals surface area contributed by atoms with E-state index in [2.05, 4.69) is 14.9 Å². The smallest absolute Gasteiger partial charge is 0.265 e. The molecular weight excluding hydrogens is 321 g/mol. The quantitative estimate of drug-likeness (QED) is 0.766. The highest BCUT2D eigenvalue weighted by Gasteiger charge is 2.23. The molecule has 120 valence electrons. The Hall–Kier alpha value is -2.61. The summed E-state index contributed by atoms with van der Waals surface area (Å²) in [5.74, 6) is 0.158. The predicted molar refractivity (Wildman–Crippen MR) is 83.0 cm³/mol. The van der Waals surface area contributed by atoms with Crippen molar-refractivity contribution in [1.82, 2.24) is 10.2 Å². The summed E-state index contributed by atoms with van der Waals surface area (Å²) in [5.41, 5.74) is 1.63. The molecule has 3 rings (SSSR count). The second-order valence-corrected chi connectivity index (χ2v) is 6.73. The van der Waals surface area contributed by atoms with Crippen LogP contribution >= 0.6 is 0 Å². The van der Waals surface area contributed by atoms with Crippen LogP contribution in [0.1, 0.15) is 11.5 Å². The van der Waals surface area contributed by atoms with Crippen LogP contribution in [0.15, 0.2) is 45.7 Å². The van der Waals surface area contributed by atoms with Gasteiger partial charge in [-0.25, -0.2) is 12.8 Å². The van der Waals surface area contributed by atoms with Gasteiger partial charge in [-0.15, -0.1) is 0 Å². The number of hydrogen-bond donors (Lipinski definition) is 2. The highest BCUT2D eigenvalue weighted by molar-refractivity contribution is 7.92. The third-order valence-electron chi connectivity index (χ3n) is 3.22. The third-order valence-corrected chi connectivity index (χ3v) is 4.71. The summed E-state index contributed by atoms with van der Waals surface area (Å²) < 4.78 is 45.7. The molecule has 0 aliphatic rings. The lowest BCUT2D eigenvalue weighted by atomic mass is 10.3. The van der Waals surface area contributed by atoms with Crippen LogP contribution in [0.5, 0.6) is 0 Å². The number of anilines is 1. The van der Waals surface area contributed by atoms with Crippen molar-refractivity contribution in [1.29, 1.82) is 0 Å². The van der Waals surface area contributed by atoms with Crippen molar-refractivity contribution >= 4 is 15.7 Å². The molecule has 2 heterocycles. The average molecular weight is 335 g/mol. The zero-order chi connectivity index (χ0) is 16.6. The molecule has 0 saturated carbocycles. The Bertz CT molecular complexity index is 943. The maximum absolute atomic E-state index is 12.9. The van der Waals surface area contributed by atoms with E-state index in [4.69, 9.17) is 4.42 Å². The third kappa shape index (κ3) is 3.11. The van der Waals surface area contributed by atoms with Crippen LogP contribution in [0.4, 0.5) is 10.1 Å². The average Bonchev–Trinajstić information content (AvgIpc) is 3.07. The van der Waals surface area contributed by atoms with Gasteiger partial charge in [0.05, 0.1) is 0 Å². The van der Waals surface area contributed by atoms with E-state index in [1.165, 1.54) is 30.3 Å². The van der Waals surface area contributed by atoms with E-state index < -0.39 is 15.8 Å². The zero-order valence-electron chi connectivity index (χ0n) is 12.4. The predicted octanol–water partition coefficient (Wildman–Crippen LogP) is 3.23. The SMILES string of the molecule is Cc1cc(-c2cc(S(=O)(=O)Nc3ccc(F)cc3)c(C)o2)n[nH]1. The summed E-state index contributed by atoms with van der Waals surface area (Å²) in [6.07, 6.45) is 0. The fraction of sp³-hybridized carbons (Fsp3) is 0.133. The molecule has 6 nitrogen and oxygen atoms in total. The number of aryl methyl sites for hydroxylation is 2. The van der Waals surface area contributed by atoms with Crippen molar-refractivity contribution in [3.63, 3.8) is 0 Å². The van der Waals surface area contributed by atoms with E-state index in [1.54, 1.807) is 13.0 Å². The van der Waals surface area contributed by atoms with Gasteiger partial charge >= 0.3 is 0 Å². The van der Waals surface area contributed by atoms with Gasteiger partial charge in [0, 0.05) is 17.4 Å². The first kappa shape index (κ1) is 15.3. The molecule has 0 atom stereocenters. The number of hydrogen-bond acceptors (Lipinski definition) is 4. The molecular formula is C15H14FN3O3S. The molecule has 0 aliphatic heterocycles. The first-order valence-corrected chi connectivity index (χ1v) is 8.25. The number of aromatic amines is 1. The summed E-state index contributed by atoms with van der Waals surface area (Å²) >= 11 is 0. The molecule has 0 amide bonds. The number of halogens is 1. The molecule has 23 heavy (non-hydrogen) atoms. The maximum atomic E-state index is 12.9. The molecule has 8 heteroatoms. The van der Waals surface area contributed by atoms with Crippen LogP contribution in [0.3, 0.4) is 0 Å². The Morgan fingerprint density at radius 1 is 1.17 bits per heavy atom. The summed E-state index contributed by atoms with van der Waals surface area (Å²) in [5, 5.41) is 6.81. The normalized spacial score (nSPS) is 11.6. The standard InChI is InChI=1S/C15H14FN3O3S/c1-9-7-13(18-17-9)14-8-15(10(2)22-14)23(20,21)19-12-5-3-11(16)4-6-12/h3-8,19H,1-2H3,(H,17,18). The van der Waals surface area contributed by atoms with Crippen LogP contribution in [-0.2, 0) is 10.0 Å². The fourth-order valence-corrected chi connectivity index (χ4v) is 3.37. The lowest BCUT2D eigenvalue weighted by Crippen LogP contribution is -2.13. The number of H-pyrrole nitrogens is 1. The van der Waals surface area contributed by atoms with Crippen LogP contribution in [0.2, 0.25) is 0 Å². The summed E-state index contributed by atoms with van der Waals surface area (Å²) in [7, 11) is -3.84. The van der Waals surface area contributed by atoms with E-state index >= 15 is 0 Å². The maximum Gasteiger partial charge on any atom is 0.265 e. The van der Waals surface area contributed by atoms with Gasteiger partial charge in [0.1, 0.15) is 22.2 Å². The van der Waals surface area contributed by atoms with Gasteiger partial charge in [-0.05, 0) is 44.2 Å². The van der Waals surface area contributed by atoms with Crippen molar-refractivity contribution in [3.05, 3.63) is 53.7 Å². The summed E-state index contributed by atoms with van der Waals surface area (Å²) in [6.45, 7) is 3.39. The Morgan fingerprint density at radius 2 is 1.87 bits per heavy atom. The number of nitrogens with zero attached hydrogens (tertiary/aromatic N) is 1. The number of aromatic nitrogens is 2. The van der Waals surface area contributed by atoms with Gasteiger partial charge in [0.15, 0.2) is 5.76 Å². The largest absolute Gasteiger partial charge is 0.458 e. The van der Waals surface area contributed by atoms with Crippen LogP contribution in [0.25, 0.3) is 11.5 Å². The second-order valence-electron chi connectivity index (χ2n) is 5.08. The van der Waals surface area contributed by atoms with Crippen LogP contribution in [-0.4, -0.2) is 18.6 Å². The van der Waals surface area contributed by atoms with Gasteiger partial charge in [0.25, 0.3) is 10.0 Å². The Labute approximate surface area is 132 Å². The minimum atomic E-state index is -3.84. The van der Waals surface area contributed by atoms with Gasteiger partial charge in [-0.2, -0.15) is 5.10 Å². The molecule has 1 aromatic carbocycles. The van der Waals surface area contributed by atoms with Gasteiger partial charge in [-0.1, -0.05) is 0 Å². The van der Waals surface area contributed by atoms with E-state index in [0.717, 1.165) is 5.69 Å². The van der Waals surface area contributed by atoms with E-state index in [9.17, 15) is 12.8 Å². The van der Waals surface area contributed by atoms with Gasteiger partial charge in [0.2, 0.25) is 0 Å². The molecule has 2 N–H and O–H groups in total. The van der Waals surface area contributed by atoms with Crippen molar-refractivity contribution in [2.24, 2.45) is 0 Å². The molecule has 0 bridgehead atoms. The number of benzene rings is 1. The van der Waals surface area contributed by atoms with E-state index in [-0.39, 0.29) is 16.3 Å². The lowest BCUT2D eigenvalue weighted by Gasteiger charge is -2.06. The van der Waals surface area contributed by atoms with Crippen molar-refractivity contribution in [2.45, 2.75) is 18.7 Å². The number of sulfonamides is 1. The van der Waals surface area contributed by atoms with E-state index in [0.29, 0.717) is 11.5 Å². The number of nitrogens with one attached hydrogen (secondary N) is 2. The molecule has 0 spiro atoms. The van der Waals surface area contributed by atoms with Crippen LogP contribution < -0.4 is 4.72 Å². The monoisotopic (exact) mass is 335 g/mol.